The number of benzene rings is 3. The van der Waals surface area contributed by atoms with Crippen LogP contribution >= 0.6 is 35.0 Å². The Kier molecular flexibility index (Phi) is 5.65. The van der Waals surface area contributed by atoms with Gasteiger partial charge in [0.1, 0.15) is 5.75 Å². The molecular weight excluding hydrogens is 413 g/mol. The fourth-order valence-electron chi connectivity index (χ4n) is 3.26. The average Bonchev–Trinajstić information content (AvgIpc) is 2.89. The van der Waals surface area contributed by atoms with E-state index in [4.69, 9.17) is 28.2 Å². The lowest BCUT2D eigenvalue weighted by molar-refractivity contribution is 0.281. The van der Waals surface area contributed by atoms with Crippen LogP contribution in [-0.4, -0.2) is 15.9 Å². The lowest BCUT2D eigenvalue weighted by atomic mass is 9.98. The van der Waals surface area contributed by atoms with Gasteiger partial charge in [-0.3, -0.25) is 4.99 Å². The number of rotatable bonds is 3. The van der Waals surface area contributed by atoms with E-state index >= 15 is 0 Å². The molecule has 0 saturated carbocycles. The van der Waals surface area contributed by atoms with Crippen LogP contribution in [0.2, 0.25) is 10.0 Å². The Morgan fingerprint density at radius 3 is 2.54 bits per heavy atom. The van der Waals surface area contributed by atoms with Crippen molar-refractivity contribution in [3.8, 4) is 5.75 Å². The summed E-state index contributed by atoms with van der Waals surface area (Å²) in [6.45, 7) is -0.167. The Labute approximate surface area is 177 Å². The molecule has 0 radical (unpaired) electrons. The molecule has 1 atom stereocenters. The Balaban J connectivity index is 1.88. The summed E-state index contributed by atoms with van der Waals surface area (Å²) in [5, 5.41) is 21.1. The number of aliphatic hydroxyl groups is 1. The molecule has 0 fully saturated rings. The van der Waals surface area contributed by atoms with Gasteiger partial charge in [-0.2, -0.15) is 0 Å². The van der Waals surface area contributed by atoms with E-state index in [1.807, 2.05) is 48.5 Å². The first-order valence-electron chi connectivity index (χ1n) is 8.77. The van der Waals surface area contributed by atoms with E-state index in [0.29, 0.717) is 28.3 Å². The molecule has 3 nitrogen and oxygen atoms in total. The van der Waals surface area contributed by atoms with Crippen molar-refractivity contribution in [2.24, 2.45) is 4.99 Å². The van der Waals surface area contributed by atoms with Crippen molar-refractivity contribution < 1.29 is 10.2 Å². The predicted octanol–water partition coefficient (Wildman–Crippen LogP) is 6.55. The number of phenolic OH excluding ortho intramolecular Hbond substituents is 1. The molecule has 0 saturated heterocycles. The molecule has 1 aliphatic rings. The lowest BCUT2D eigenvalue weighted by Crippen LogP contribution is -2.07. The van der Waals surface area contributed by atoms with Crippen LogP contribution < -0.4 is 0 Å². The highest BCUT2D eigenvalue weighted by atomic mass is 35.5. The van der Waals surface area contributed by atoms with Crippen molar-refractivity contribution in [2.45, 2.75) is 23.2 Å². The molecule has 0 spiro atoms. The number of fused-ring (bicyclic) bond motifs is 1. The minimum absolute atomic E-state index is 0.0204. The summed E-state index contributed by atoms with van der Waals surface area (Å²) in [7, 11) is 0. The number of aliphatic hydroxyl groups excluding tert-OH is 1. The zero-order chi connectivity index (χ0) is 19.7. The molecule has 0 amide bonds. The fourth-order valence-corrected chi connectivity index (χ4v) is 5.10. The third kappa shape index (κ3) is 3.78. The van der Waals surface area contributed by atoms with Gasteiger partial charge in [0.25, 0.3) is 0 Å². The van der Waals surface area contributed by atoms with Gasteiger partial charge in [0, 0.05) is 27.2 Å². The van der Waals surface area contributed by atoms with Crippen LogP contribution in [0.15, 0.2) is 70.6 Å². The normalized spacial score (nSPS) is 16.2. The lowest BCUT2D eigenvalue weighted by Gasteiger charge is -2.18. The van der Waals surface area contributed by atoms with Gasteiger partial charge in [-0.05, 0) is 41.5 Å². The number of aromatic hydroxyl groups is 1. The third-order valence-electron chi connectivity index (χ3n) is 4.64. The van der Waals surface area contributed by atoms with Crippen molar-refractivity contribution in [3.05, 3.63) is 87.4 Å². The fraction of sp³-hybridized carbons (Fsp3) is 0.136. The Hall–Kier alpha value is -1.98. The van der Waals surface area contributed by atoms with E-state index in [1.165, 1.54) is 0 Å². The second-order valence-electron chi connectivity index (χ2n) is 6.49. The summed E-state index contributed by atoms with van der Waals surface area (Å²) in [5.74, 6) is -0.0279. The van der Waals surface area contributed by atoms with Gasteiger partial charge in [-0.15, -0.1) is 11.8 Å². The highest BCUT2D eigenvalue weighted by Gasteiger charge is 2.26. The number of phenols is 1. The number of nitrogens with zero attached hydrogens (tertiary/aromatic N) is 1. The van der Waals surface area contributed by atoms with Crippen LogP contribution in [0.3, 0.4) is 0 Å². The maximum atomic E-state index is 10.6. The van der Waals surface area contributed by atoms with E-state index in [9.17, 15) is 10.2 Å². The highest BCUT2D eigenvalue weighted by Crippen LogP contribution is 2.47. The predicted molar refractivity (Wildman–Crippen MR) is 116 cm³/mol. The molecule has 1 unspecified atom stereocenters. The van der Waals surface area contributed by atoms with Crippen molar-refractivity contribution in [2.75, 3.05) is 0 Å². The largest absolute Gasteiger partial charge is 0.506 e. The molecule has 6 heteroatoms. The molecule has 3 aromatic rings. The molecule has 2 N–H and O–H groups in total. The van der Waals surface area contributed by atoms with Crippen LogP contribution in [0.4, 0.5) is 5.69 Å². The van der Waals surface area contributed by atoms with E-state index in [2.05, 4.69) is 0 Å². The first kappa shape index (κ1) is 19.3. The van der Waals surface area contributed by atoms with Crippen molar-refractivity contribution in [3.63, 3.8) is 0 Å². The van der Waals surface area contributed by atoms with Crippen LogP contribution in [0.25, 0.3) is 0 Å². The van der Waals surface area contributed by atoms with Crippen molar-refractivity contribution in [1.82, 2.24) is 0 Å². The summed E-state index contributed by atoms with van der Waals surface area (Å²) < 4.78 is 0. The van der Waals surface area contributed by atoms with Crippen LogP contribution in [-0.2, 0) is 6.61 Å². The minimum Gasteiger partial charge on any atom is -0.506 e. The van der Waals surface area contributed by atoms with Gasteiger partial charge in [0.15, 0.2) is 0 Å². The van der Waals surface area contributed by atoms with Crippen molar-refractivity contribution in [1.29, 1.82) is 0 Å². The van der Waals surface area contributed by atoms with E-state index < -0.39 is 0 Å². The van der Waals surface area contributed by atoms with Gasteiger partial charge < -0.3 is 10.2 Å². The molecule has 3 aromatic carbocycles. The van der Waals surface area contributed by atoms with Crippen LogP contribution in [0.5, 0.6) is 5.75 Å². The maximum absolute atomic E-state index is 10.6. The zero-order valence-corrected chi connectivity index (χ0v) is 17.1. The number of halogens is 2. The van der Waals surface area contributed by atoms with E-state index in [1.54, 1.807) is 23.9 Å². The maximum Gasteiger partial charge on any atom is 0.143 e. The van der Waals surface area contributed by atoms with Gasteiger partial charge in [0.05, 0.1) is 23.0 Å². The Bertz CT molecular complexity index is 1070. The summed E-state index contributed by atoms with van der Waals surface area (Å²) in [6, 6.07) is 19.0. The molecule has 0 aliphatic carbocycles. The summed E-state index contributed by atoms with van der Waals surface area (Å²) in [5.41, 5.74) is 3.72. The van der Waals surface area contributed by atoms with Gasteiger partial charge >= 0.3 is 0 Å². The highest BCUT2D eigenvalue weighted by molar-refractivity contribution is 7.99. The van der Waals surface area contributed by atoms with Crippen molar-refractivity contribution >= 4 is 46.4 Å². The van der Waals surface area contributed by atoms with Gasteiger partial charge in [-0.25, -0.2) is 0 Å². The SMILES string of the molecule is OCc1cc(Cl)c(O)c(C2=Nc3ccccc3SC(c3ccccc3Cl)C2)c1. The van der Waals surface area contributed by atoms with E-state index in [0.717, 1.165) is 16.1 Å². The van der Waals surface area contributed by atoms with Gasteiger partial charge in [0.2, 0.25) is 0 Å². The summed E-state index contributed by atoms with van der Waals surface area (Å²) in [4.78, 5) is 5.89. The number of hydrogen-bond donors (Lipinski definition) is 2. The zero-order valence-electron chi connectivity index (χ0n) is 14.8. The summed E-state index contributed by atoms with van der Waals surface area (Å²) in [6.07, 6.45) is 0.557. The quantitative estimate of drug-likeness (QED) is 0.496. The Morgan fingerprint density at radius 1 is 1.00 bits per heavy atom. The minimum atomic E-state index is -0.167. The van der Waals surface area contributed by atoms with Crippen LogP contribution in [0, 0.1) is 0 Å². The average molecular weight is 430 g/mol. The molecule has 28 heavy (non-hydrogen) atoms. The monoisotopic (exact) mass is 429 g/mol. The number of hydrogen-bond acceptors (Lipinski definition) is 4. The van der Waals surface area contributed by atoms with Gasteiger partial charge in [-0.1, -0.05) is 53.5 Å². The number of thioether (sulfide) groups is 1. The van der Waals surface area contributed by atoms with E-state index in [-0.39, 0.29) is 22.6 Å². The molecule has 1 heterocycles. The number of aliphatic imine (C=N–C) groups is 1. The molecule has 0 aromatic heterocycles. The second kappa shape index (κ2) is 8.18. The first-order valence-corrected chi connectivity index (χ1v) is 10.4. The molecule has 4 rings (SSSR count). The first-order chi connectivity index (χ1) is 13.6. The third-order valence-corrected chi connectivity index (χ3v) is 6.57. The second-order valence-corrected chi connectivity index (χ2v) is 8.55. The Morgan fingerprint density at radius 2 is 1.75 bits per heavy atom. The van der Waals surface area contributed by atoms with Crippen LogP contribution in [0.1, 0.15) is 28.4 Å². The smallest absolute Gasteiger partial charge is 0.143 e. The molecule has 1 aliphatic heterocycles. The molecule has 142 valence electrons. The topological polar surface area (TPSA) is 52.8 Å². The summed E-state index contributed by atoms with van der Waals surface area (Å²) >= 11 is 14.4. The standard InChI is InChI=1S/C22H17Cl2NO2S/c23-16-6-2-1-5-14(16)21-11-19(25-18-7-3-4-8-20(18)28-21)15-9-13(12-26)10-17(24)22(15)27/h1-10,21,26-27H,11-12H2. The molecular formula is C22H17Cl2NO2S. The molecule has 0 bridgehead atoms. The number of para-hydroxylation sites is 1.